The molecule has 0 aliphatic rings. The second-order valence-electron chi connectivity index (χ2n) is 3.00. The Bertz CT molecular complexity index is 221. The summed E-state index contributed by atoms with van der Waals surface area (Å²) in [5, 5.41) is 3.16. The van der Waals surface area contributed by atoms with E-state index in [1.807, 2.05) is 38.2 Å². The molecule has 1 heteroatoms. The van der Waals surface area contributed by atoms with E-state index in [1.54, 1.807) is 0 Å². The van der Waals surface area contributed by atoms with E-state index in [4.69, 9.17) is 0 Å². The van der Waals surface area contributed by atoms with Gasteiger partial charge in [-0.05, 0) is 20.3 Å². The predicted molar refractivity (Wildman–Crippen MR) is 60.5 cm³/mol. The van der Waals surface area contributed by atoms with Crippen molar-refractivity contribution in [3.63, 3.8) is 0 Å². The Morgan fingerprint density at radius 3 is 2.54 bits per heavy atom. The standard InChI is InChI=1S/C12H19N/c1-5-6-7-8-12(4)9-10-13-11(2)3/h5-8,13H,2,4,9-10H2,1,3H3/b6-5-,8-7-. The topological polar surface area (TPSA) is 12.0 Å². The van der Waals surface area contributed by atoms with E-state index in [-0.39, 0.29) is 0 Å². The molecular formula is C12H19N. The molecule has 72 valence electrons. The molecule has 0 atom stereocenters. The Balaban J connectivity index is 3.57. The van der Waals surface area contributed by atoms with Crippen LogP contribution in [0.2, 0.25) is 0 Å². The minimum atomic E-state index is 0.911. The van der Waals surface area contributed by atoms with Gasteiger partial charge in [0.2, 0.25) is 0 Å². The van der Waals surface area contributed by atoms with Gasteiger partial charge in [-0.15, -0.1) is 0 Å². The Morgan fingerprint density at radius 2 is 2.00 bits per heavy atom. The molecule has 1 N–H and O–H groups in total. The van der Waals surface area contributed by atoms with Crippen molar-refractivity contribution < 1.29 is 0 Å². The van der Waals surface area contributed by atoms with Crippen molar-refractivity contribution in [3.05, 3.63) is 48.7 Å². The van der Waals surface area contributed by atoms with Crippen molar-refractivity contribution in [2.24, 2.45) is 0 Å². The molecular weight excluding hydrogens is 158 g/mol. The van der Waals surface area contributed by atoms with Crippen molar-refractivity contribution in [3.8, 4) is 0 Å². The fraction of sp³-hybridized carbons (Fsp3) is 0.333. The molecule has 0 aliphatic heterocycles. The van der Waals surface area contributed by atoms with E-state index >= 15 is 0 Å². The van der Waals surface area contributed by atoms with Crippen molar-refractivity contribution in [2.75, 3.05) is 6.54 Å². The van der Waals surface area contributed by atoms with E-state index in [9.17, 15) is 0 Å². The maximum atomic E-state index is 3.93. The van der Waals surface area contributed by atoms with Crippen LogP contribution >= 0.6 is 0 Å². The molecule has 0 aromatic rings. The predicted octanol–water partition coefficient (Wildman–Crippen LogP) is 3.19. The molecule has 0 saturated carbocycles. The van der Waals surface area contributed by atoms with Gasteiger partial charge in [0.25, 0.3) is 0 Å². The summed E-state index contributed by atoms with van der Waals surface area (Å²) in [5.41, 5.74) is 2.14. The Kier molecular flexibility index (Phi) is 6.70. The summed E-state index contributed by atoms with van der Waals surface area (Å²) in [4.78, 5) is 0. The van der Waals surface area contributed by atoms with Crippen molar-refractivity contribution >= 4 is 0 Å². The summed E-state index contributed by atoms with van der Waals surface area (Å²) in [5.74, 6) is 0. The van der Waals surface area contributed by atoms with Crippen LogP contribution in [0.15, 0.2) is 48.7 Å². The normalized spacial score (nSPS) is 10.9. The van der Waals surface area contributed by atoms with Crippen molar-refractivity contribution in [1.82, 2.24) is 5.32 Å². The zero-order valence-corrected chi connectivity index (χ0v) is 8.64. The lowest BCUT2D eigenvalue weighted by atomic mass is 10.2. The zero-order valence-electron chi connectivity index (χ0n) is 8.64. The van der Waals surface area contributed by atoms with Crippen molar-refractivity contribution in [1.29, 1.82) is 0 Å². The Hall–Kier alpha value is -1.24. The quantitative estimate of drug-likeness (QED) is 0.614. The molecule has 0 rings (SSSR count). The Morgan fingerprint density at radius 1 is 1.31 bits per heavy atom. The van der Waals surface area contributed by atoms with Gasteiger partial charge in [-0.25, -0.2) is 0 Å². The molecule has 0 aromatic carbocycles. The Labute approximate surface area is 81.5 Å². The maximum absolute atomic E-state index is 3.93. The second kappa shape index (κ2) is 7.41. The summed E-state index contributed by atoms with van der Waals surface area (Å²) in [6.45, 7) is 12.6. The third kappa shape index (κ3) is 8.67. The van der Waals surface area contributed by atoms with Gasteiger partial charge in [-0.3, -0.25) is 0 Å². The van der Waals surface area contributed by atoms with Crippen LogP contribution in [0.5, 0.6) is 0 Å². The first-order valence-corrected chi connectivity index (χ1v) is 4.53. The molecule has 0 bridgehead atoms. The highest BCUT2D eigenvalue weighted by Gasteiger charge is 1.88. The molecule has 0 unspecified atom stereocenters. The van der Waals surface area contributed by atoms with E-state index in [0.717, 1.165) is 24.2 Å². The number of hydrogen-bond acceptors (Lipinski definition) is 1. The largest absolute Gasteiger partial charge is 0.389 e. The summed E-state index contributed by atoms with van der Waals surface area (Å²) in [6.07, 6.45) is 8.98. The third-order valence-electron chi connectivity index (χ3n) is 1.51. The van der Waals surface area contributed by atoms with Crippen LogP contribution in [-0.2, 0) is 0 Å². The molecule has 0 radical (unpaired) electrons. The van der Waals surface area contributed by atoms with Crippen LogP contribution in [0.25, 0.3) is 0 Å². The lowest BCUT2D eigenvalue weighted by Crippen LogP contribution is -2.11. The number of hydrogen-bond donors (Lipinski definition) is 1. The van der Waals surface area contributed by atoms with E-state index in [1.165, 1.54) is 0 Å². The van der Waals surface area contributed by atoms with Crippen molar-refractivity contribution in [2.45, 2.75) is 20.3 Å². The van der Waals surface area contributed by atoms with Crippen LogP contribution < -0.4 is 5.32 Å². The van der Waals surface area contributed by atoms with Gasteiger partial charge in [0.15, 0.2) is 0 Å². The first-order chi connectivity index (χ1) is 6.16. The fourth-order valence-electron chi connectivity index (χ4n) is 0.823. The lowest BCUT2D eigenvalue weighted by molar-refractivity contribution is 0.795. The summed E-state index contributed by atoms with van der Waals surface area (Å²) >= 11 is 0. The average Bonchev–Trinajstić information content (AvgIpc) is 2.04. The molecule has 0 aromatic heterocycles. The van der Waals surface area contributed by atoms with E-state index in [0.29, 0.717) is 0 Å². The molecule has 0 spiro atoms. The summed E-state index contributed by atoms with van der Waals surface area (Å²) in [6, 6.07) is 0. The van der Waals surface area contributed by atoms with Crippen LogP contribution in [0.1, 0.15) is 20.3 Å². The fourth-order valence-corrected chi connectivity index (χ4v) is 0.823. The molecule has 0 fully saturated rings. The van der Waals surface area contributed by atoms with Crippen LogP contribution in [-0.4, -0.2) is 6.54 Å². The first kappa shape index (κ1) is 11.8. The third-order valence-corrected chi connectivity index (χ3v) is 1.51. The smallest absolute Gasteiger partial charge is 0.0183 e. The van der Waals surface area contributed by atoms with Crippen LogP contribution in [0.4, 0.5) is 0 Å². The number of allylic oxidation sites excluding steroid dienone is 5. The molecule has 0 heterocycles. The lowest BCUT2D eigenvalue weighted by Gasteiger charge is -2.03. The van der Waals surface area contributed by atoms with Gasteiger partial charge >= 0.3 is 0 Å². The molecule has 1 nitrogen and oxygen atoms in total. The van der Waals surface area contributed by atoms with Crippen LogP contribution in [0.3, 0.4) is 0 Å². The first-order valence-electron chi connectivity index (χ1n) is 4.53. The van der Waals surface area contributed by atoms with Gasteiger partial charge < -0.3 is 5.32 Å². The van der Waals surface area contributed by atoms with Gasteiger partial charge in [0.05, 0.1) is 0 Å². The number of rotatable bonds is 6. The van der Waals surface area contributed by atoms with Gasteiger partial charge in [0.1, 0.15) is 0 Å². The second-order valence-corrected chi connectivity index (χ2v) is 3.00. The van der Waals surface area contributed by atoms with E-state index in [2.05, 4.69) is 18.5 Å². The minimum Gasteiger partial charge on any atom is -0.389 e. The summed E-state index contributed by atoms with van der Waals surface area (Å²) < 4.78 is 0. The highest BCUT2D eigenvalue weighted by atomic mass is 14.9. The summed E-state index contributed by atoms with van der Waals surface area (Å²) in [7, 11) is 0. The molecule has 0 aliphatic carbocycles. The van der Waals surface area contributed by atoms with E-state index < -0.39 is 0 Å². The molecule has 0 amide bonds. The number of nitrogens with one attached hydrogen (secondary N) is 1. The highest BCUT2D eigenvalue weighted by molar-refractivity contribution is 5.19. The average molecular weight is 177 g/mol. The molecule has 0 saturated heterocycles. The van der Waals surface area contributed by atoms with Gasteiger partial charge in [0, 0.05) is 12.2 Å². The van der Waals surface area contributed by atoms with Crippen LogP contribution in [0, 0.1) is 0 Å². The van der Waals surface area contributed by atoms with Gasteiger partial charge in [-0.1, -0.05) is 43.0 Å². The van der Waals surface area contributed by atoms with Gasteiger partial charge in [-0.2, -0.15) is 0 Å². The highest BCUT2D eigenvalue weighted by Crippen LogP contribution is 1.99. The monoisotopic (exact) mass is 177 g/mol. The SMILES string of the molecule is C=C(/C=C\C=C/C)CCNC(=C)C. The maximum Gasteiger partial charge on any atom is 0.0183 e. The minimum absolute atomic E-state index is 0.911. The molecule has 13 heavy (non-hydrogen) atoms. The zero-order chi connectivity index (χ0) is 10.1.